The zero-order chi connectivity index (χ0) is 25.6. The SMILES string of the molecule is Cc1c(COc2cc(OCCCCF)c(CN3CC[C@H]3CO)c3c2CCC3)cccc1-c1ccccc1. The molecule has 0 amide bonds. The van der Waals surface area contributed by atoms with E-state index in [1.165, 1.54) is 38.9 Å². The Balaban J connectivity index is 1.41. The molecule has 0 aromatic heterocycles. The van der Waals surface area contributed by atoms with Gasteiger partial charge in [-0.05, 0) is 78.8 Å². The van der Waals surface area contributed by atoms with Crippen molar-refractivity contribution >= 4 is 0 Å². The summed E-state index contributed by atoms with van der Waals surface area (Å²) >= 11 is 0. The van der Waals surface area contributed by atoms with E-state index in [4.69, 9.17) is 9.47 Å². The highest BCUT2D eigenvalue weighted by molar-refractivity contribution is 5.68. The number of rotatable bonds is 12. The first-order valence-electron chi connectivity index (χ1n) is 13.7. The molecule has 1 atom stereocenters. The lowest BCUT2D eigenvalue weighted by molar-refractivity contribution is 0.0347. The summed E-state index contributed by atoms with van der Waals surface area (Å²) in [6.07, 6.45) is 5.37. The van der Waals surface area contributed by atoms with E-state index < -0.39 is 0 Å². The number of aliphatic hydroxyl groups is 1. The highest BCUT2D eigenvalue weighted by Crippen LogP contribution is 2.41. The van der Waals surface area contributed by atoms with Crippen molar-refractivity contribution in [1.29, 1.82) is 0 Å². The molecule has 1 aliphatic carbocycles. The van der Waals surface area contributed by atoms with Gasteiger partial charge in [0.15, 0.2) is 0 Å². The molecule has 196 valence electrons. The highest BCUT2D eigenvalue weighted by Gasteiger charge is 2.31. The summed E-state index contributed by atoms with van der Waals surface area (Å²) in [6, 6.07) is 19.2. The molecule has 1 saturated heterocycles. The molecule has 5 heteroatoms. The second-order valence-electron chi connectivity index (χ2n) is 10.2. The van der Waals surface area contributed by atoms with Crippen LogP contribution in [0.25, 0.3) is 11.1 Å². The summed E-state index contributed by atoms with van der Waals surface area (Å²) in [5, 5.41) is 9.71. The van der Waals surface area contributed by atoms with E-state index in [1.807, 2.05) is 6.07 Å². The number of hydrogen-bond acceptors (Lipinski definition) is 4. The average molecular weight is 504 g/mol. The summed E-state index contributed by atoms with van der Waals surface area (Å²) in [4.78, 5) is 2.33. The van der Waals surface area contributed by atoms with Gasteiger partial charge < -0.3 is 14.6 Å². The standard InChI is InChI=1S/C32H38FNO3/c1-23-25(11-7-12-27(23)24-9-3-2-4-10-24)22-37-31-19-32(36-18-6-5-16-33)30(28-13-8-14-29(28)31)20-34-17-15-26(34)21-35/h2-4,7,9-12,19,26,35H,5-6,8,13-18,20-22H2,1H3/t26-/m0/s1. The van der Waals surface area contributed by atoms with Crippen LogP contribution in [-0.2, 0) is 26.0 Å². The van der Waals surface area contributed by atoms with Gasteiger partial charge in [0.05, 0.1) is 19.9 Å². The molecule has 5 rings (SSSR count). The number of aliphatic hydroxyl groups excluding tert-OH is 1. The van der Waals surface area contributed by atoms with Crippen LogP contribution in [0.15, 0.2) is 54.6 Å². The van der Waals surface area contributed by atoms with E-state index in [0.717, 1.165) is 50.3 Å². The van der Waals surface area contributed by atoms with E-state index in [0.29, 0.717) is 26.1 Å². The second-order valence-corrected chi connectivity index (χ2v) is 10.2. The maximum Gasteiger partial charge on any atom is 0.127 e. The molecular formula is C32H38FNO3. The number of ether oxygens (including phenoxy) is 2. The Morgan fingerprint density at radius 1 is 0.973 bits per heavy atom. The number of alkyl halides is 1. The minimum absolute atomic E-state index is 0.192. The van der Waals surface area contributed by atoms with Crippen LogP contribution in [0.5, 0.6) is 11.5 Å². The van der Waals surface area contributed by atoms with Gasteiger partial charge in [0.1, 0.15) is 18.1 Å². The number of benzene rings is 3. The molecule has 0 unspecified atom stereocenters. The zero-order valence-corrected chi connectivity index (χ0v) is 21.8. The van der Waals surface area contributed by atoms with Gasteiger partial charge >= 0.3 is 0 Å². The largest absolute Gasteiger partial charge is 0.493 e. The molecule has 3 aromatic rings. The third-order valence-electron chi connectivity index (χ3n) is 7.98. The molecule has 0 bridgehead atoms. The van der Waals surface area contributed by atoms with Crippen LogP contribution < -0.4 is 9.47 Å². The van der Waals surface area contributed by atoms with Crippen molar-refractivity contribution < 1.29 is 19.0 Å². The molecule has 0 radical (unpaired) electrons. The molecular weight excluding hydrogens is 465 g/mol. The molecule has 0 spiro atoms. The van der Waals surface area contributed by atoms with Gasteiger partial charge in [0.25, 0.3) is 0 Å². The summed E-state index contributed by atoms with van der Waals surface area (Å²) in [5.41, 5.74) is 8.71. The number of nitrogens with zero attached hydrogens (tertiary/aromatic N) is 1. The summed E-state index contributed by atoms with van der Waals surface area (Å²) in [5.74, 6) is 1.76. The number of fused-ring (bicyclic) bond motifs is 1. The number of halogens is 1. The van der Waals surface area contributed by atoms with E-state index in [2.05, 4.69) is 60.4 Å². The normalized spacial score (nSPS) is 16.9. The van der Waals surface area contributed by atoms with Crippen LogP contribution in [0.2, 0.25) is 0 Å². The van der Waals surface area contributed by atoms with Gasteiger partial charge in [-0.2, -0.15) is 0 Å². The van der Waals surface area contributed by atoms with E-state index in [-0.39, 0.29) is 19.3 Å². The Bertz CT molecular complexity index is 1190. The highest BCUT2D eigenvalue weighted by atomic mass is 19.1. The van der Waals surface area contributed by atoms with Crippen molar-refractivity contribution in [3.63, 3.8) is 0 Å². The van der Waals surface area contributed by atoms with Crippen LogP contribution in [0.4, 0.5) is 4.39 Å². The lowest BCUT2D eigenvalue weighted by atomic mass is 9.96. The molecule has 1 fully saturated rings. The number of hydrogen-bond donors (Lipinski definition) is 1. The zero-order valence-electron chi connectivity index (χ0n) is 21.8. The van der Waals surface area contributed by atoms with Gasteiger partial charge in [-0.3, -0.25) is 9.29 Å². The first kappa shape index (κ1) is 25.7. The molecule has 3 aromatic carbocycles. The summed E-state index contributed by atoms with van der Waals surface area (Å²) in [7, 11) is 0. The lowest BCUT2D eigenvalue weighted by Crippen LogP contribution is -2.49. The molecule has 2 aliphatic rings. The molecule has 37 heavy (non-hydrogen) atoms. The van der Waals surface area contributed by atoms with Crippen molar-refractivity contribution in [3.8, 4) is 22.6 Å². The first-order chi connectivity index (χ1) is 18.2. The van der Waals surface area contributed by atoms with Crippen LogP contribution in [-0.4, -0.2) is 42.5 Å². The molecule has 1 heterocycles. The fourth-order valence-electron chi connectivity index (χ4n) is 5.64. The molecule has 1 N–H and O–H groups in total. The predicted octanol–water partition coefficient (Wildman–Crippen LogP) is 6.42. The monoisotopic (exact) mass is 503 g/mol. The van der Waals surface area contributed by atoms with Crippen LogP contribution in [0.1, 0.15) is 53.5 Å². The predicted molar refractivity (Wildman–Crippen MR) is 146 cm³/mol. The maximum atomic E-state index is 12.7. The quantitative estimate of drug-likeness (QED) is 0.290. The summed E-state index contributed by atoms with van der Waals surface area (Å²) < 4.78 is 25.5. The Morgan fingerprint density at radius 2 is 1.81 bits per heavy atom. The van der Waals surface area contributed by atoms with Crippen molar-refractivity contribution in [3.05, 3.63) is 82.4 Å². The van der Waals surface area contributed by atoms with E-state index in [1.54, 1.807) is 0 Å². The second kappa shape index (κ2) is 12.1. The fraction of sp³-hybridized carbons (Fsp3) is 0.438. The van der Waals surface area contributed by atoms with Gasteiger partial charge in [-0.25, -0.2) is 0 Å². The number of likely N-dealkylation sites (tertiary alicyclic amines) is 1. The Morgan fingerprint density at radius 3 is 2.57 bits per heavy atom. The first-order valence-corrected chi connectivity index (χ1v) is 13.7. The molecule has 0 saturated carbocycles. The van der Waals surface area contributed by atoms with Crippen molar-refractivity contribution in [2.24, 2.45) is 0 Å². The van der Waals surface area contributed by atoms with Crippen LogP contribution in [0.3, 0.4) is 0 Å². The smallest absolute Gasteiger partial charge is 0.127 e. The van der Waals surface area contributed by atoms with Gasteiger partial charge in [0, 0.05) is 30.8 Å². The third-order valence-corrected chi connectivity index (χ3v) is 7.98. The Hall–Kier alpha value is -2.89. The lowest BCUT2D eigenvalue weighted by Gasteiger charge is -2.40. The van der Waals surface area contributed by atoms with Gasteiger partial charge in [-0.1, -0.05) is 48.5 Å². The maximum absolute atomic E-state index is 12.7. The molecule has 1 aliphatic heterocycles. The average Bonchev–Trinajstić information content (AvgIpc) is 3.40. The summed E-state index contributed by atoms with van der Waals surface area (Å²) in [6.45, 7) is 4.81. The van der Waals surface area contributed by atoms with E-state index >= 15 is 0 Å². The van der Waals surface area contributed by atoms with Crippen molar-refractivity contribution in [2.45, 2.75) is 64.6 Å². The van der Waals surface area contributed by atoms with Crippen molar-refractivity contribution in [2.75, 3.05) is 26.4 Å². The Labute approximate surface area is 220 Å². The minimum Gasteiger partial charge on any atom is -0.493 e. The minimum atomic E-state index is -0.317. The van der Waals surface area contributed by atoms with Crippen LogP contribution in [0, 0.1) is 6.92 Å². The third kappa shape index (κ3) is 5.68. The van der Waals surface area contributed by atoms with Crippen LogP contribution >= 0.6 is 0 Å². The Kier molecular flexibility index (Phi) is 8.42. The van der Waals surface area contributed by atoms with Crippen molar-refractivity contribution in [1.82, 2.24) is 4.90 Å². The van der Waals surface area contributed by atoms with Gasteiger partial charge in [0.2, 0.25) is 0 Å². The molecule has 4 nitrogen and oxygen atoms in total. The topological polar surface area (TPSA) is 41.9 Å². The van der Waals surface area contributed by atoms with E-state index in [9.17, 15) is 9.50 Å². The fourth-order valence-corrected chi connectivity index (χ4v) is 5.64. The number of unbranched alkanes of at least 4 members (excludes halogenated alkanes) is 1. The van der Waals surface area contributed by atoms with Gasteiger partial charge in [-0.15, -0.1) is 0 Å².